The van der Waals surface area contributed by atoms with Crippen molar-refractivity contribution >= 4 is 11.8 Å². The molecule has 2 saturated heterocycles. The van der Waals surface area contributed by atoms with Crippen LogP contribution in [0.2, 0.25) is 0 Å². The Balaban J connectivity index is 1.40. The molecule has 146 valence electrons. The number of likely N-dealkylation sites (tertiary alicyclic amines) is 1. The fourth-order valence-corrected chi connectivity index (χ4v) is 3.97. The maximum atomic E-state index is 12.6. The van der Waals surface area contributed by atoms with Crippen molar-refractivity contribution in [1.29, 1.82) is 0 Å². The number of carbonyl (C=O) groups excluding carboxylic acids is 2. The molecule has 2 amide bonds. The molecule has 5 nitrogen and oxygen atoms in total. The first-order valence-corrected chi connectivity index (χ1v) is 10.2. The molecule has 4 rings (SSSR count). The van der Waals surface area contributed by atoms with Crippen molar-refractivity contribution in [2.75, 3.05) is 32.7 Å². The highest BCUT2D eigenvalue weighted by Gasteiger charge is 2.18. The van der Waals surface area contributed by atoms with E-state index in [0.717, 1.165) is 62.3 Å². The number of benzene rings is 2. The summed E-state index contributed by atoms with van der Waals surface area (Å²) in [7, 11) is 0. The van der Waals surface area contributed by atoms with Crippen molar-refractivity contribution in [3.63, 3.8) is 0 Å². The summed E-state index contributed by atoms with van der Waals surface area (Å²) in [5.41, 5.74) is 4.22. The summed E-state index contributed by atoms with van der Waals surface area (Å²) in [5.74, 6) is 0.245. The Morgan fingerprint density at radius 2 is 1.50 bits per heavy atom. The smallest absolute Gasteiger partial charge is 0.253 e. The third-order valence-electron chi connectivity index (χ3n) is 5.59. The number of piperidine rings is 1. The van der Waals surface area contributed by atoms with E-state index in [2.05, 4.69) is 34.5 Å². The number of hydrogen-bond donors (Lipinski definition) is 1. The lowest BCUT2D eigenvalue weighted by Crippen LogP contribution is -2.47. The molecule has 2 aliphatic rings. The van der Waals surface area contributed by atoms with E-state index in [4.69, 9.17) is 0 Å². The molecule has 0 bridgehead atoms. The maximum absolute atomic E-state index is 12.6. The number of nitrogens with one attached hydrogen (secondary N) is 1. The topological polar surface area (TPSA) is 52.7 Å². The van der Waals surface area contributed by atoms with Crippen LogP contribution in [0.4, 0.5) is 0 Å². The predicted octanol–water partition coefficient (Wildman–Crippen LogP) is 2.91. The molecule has 0 aromatic heterocycles. The van der Waals surface area contributed by atoms with E-state index in [-0.39, 0.29) is 11.8 Å². The van der Waals surface area contributed by atoms with Crippen LogP contribution in [0.25, 0.3) is 11.1 Å². The van der Waals surface area contributed by atoms with Gasteiger partial charge < -0.3 is 10.2 Å². The van der Waals surface area contributed by atoms with Gasteiger partial charge in [-0.2, -0.15) is 0 Å². The minimum Gasteiger partial charge on any atom is -0.354 e. The molecule has 0 atom stereocenters. The third kappa shape index (κ3) is 4.42. The lowest BCUT2D eigenvalue weighted by atomic mass is 10.0. The van der Waals surface area contributed by atoms with Gasteiger partial charge in [-0.25, -0.2) is 0 Å². The number of hydrogen-bond acceptors (Lipinski definition) is 3. The van der Waals surface area contributed by atoms with Crippen LogP contribution < -0.4 is 5.32 Å². The van der Waals surface area contributed by atoms with Crippen LogP contribution >= 0.6 is 0 Å². The Hall–Kier alpha value is -2.66. The molecular formula is C23H27N3O2. The Kier molecular flexibility index (Phi) is 5.72. The van der Waals surface area contributed by atoms with Gasteiger partial charge in [0.1, 0.15) is 0 Å². The molecule has 0 saturated carbocycles. The van der Waals surface area contributed by atoms with Crippen molar-refractivity contribution in [3.05, 3.63) is 59.7 Å². The van der Waals surface area contributed by atoms with Crippen molar-refractivity contribution in [2.45, 2.75) is 25.8 Å². The minimum absolute atomic E-state index is 0.0991. The van der Waals surface area contributed by atoms with Crippen molar-refractivity contribution in [3.8, 4) is 11.1 Å². The van der Waals surface area contributed by atoms with Crippen LogP contribution in [0, 0.1) is 0 Å². The van der Waals surface area contributed by atoms with E-state index >= 15 is 0 Å². The molecule has 0 unspecified atom stereocenters. The highest BCUT2D eigenvalue weighted by Crippen LogP contribution is 2.22. The van der Waals surface area contributed by atoms with E-state index in [1.54, 1.807) is 0 Å². The zero-order valence-electron chi connectivity index (χ0n) is 16.2. The van der Waals surface area contributed by atoms with Gasteiger partial charge in [-0.1, -0.05) is 36.4 Å². The van der Waals surface area contributed by atoms with Crippen LogP contribution in [-0.2, 0) is 11.3 Å². The van der Waals surface area contributed by atoms with Crippen LogP contribution in [0.5, 0.6) is 0 Å². The Labute approximate surface area is 166 Å². The van der Waals surface area contributed by atoms with Crippen molar-refractivity contribution < 1.29 is 9.59 Å². The molecule has 1 N–H and O–H groups in total. The lowest BCUT2D eigenvalue weighted by molar-refractivity contribution is -0.124. The first kappa shape index (κ1) is 18.7. The summed E-state index contributed by atoms with van der Waals surface area (Å²) in [6.45, 7) is 4.62. The van der Waals surface area contributed by atoms with Gasteiger partial charge in [0, 0.05) is 38.3 Å². The van der Waals surface area contributed by atoms with Crippen LogP contribution in [0.3, 0.4) is 0 Å². The largest absolute Gasteiger partial charge is 0.354 e. The summed E-state index contributed by atoms with van der Waals surface area (Å²) >= 11 is 0. The molecule has 2 aromatic rings. The Bertz CT molecular complexity index is 824. The maximum Gasteiger partial charge on any atom is 0.253 e. The molecule has 0 spiro atoms. The molecule has 0 radical (unpaired) electrons. The quantitative estimate of drug-likeness (QED) is 0.891. The highest BCUT2D eigenvalue weighted by molar-refractivity contribution is 5.94. The van der Waals surface area contributed by atoms with E-state index < -0.39 is 0 Å². The lowest BCUT2D eigenvalue weighted by Gasteiger charge is -2.26. The highest BCUT2D eigenvalue weighted by atomic mass is 16.2. The predicted molar refractivity (Wildman–Crippen MR) is 110 cm³/mol. The average molecular weight is 377 g/mol. The fourth-order valence-electron chi connectivity index (χ4n) is 3.97. The molecule has 2 fully saturated rings. The van der Waals surface area contributed by atoms with Gasteiger partial charge in [-0.3, -0.25) is 14.5 Å². The number of piperazine rings is 1. The summed E-state index contributed by atoms with van der Waals surface area (Å²) < 4.78 is 0. The van der Waals surface area contributed by atoms with Gasteiger partial charge in [-0.15, -0.1) is 0 Å². The van der Waals surface area contributed by atoms with Gasteiger partial charge in [0.2, 0.25) is 5.91 Å². The van der Waals surface area contributed by atoms with E-state index in [1.807, 2.05) is 29.2 Å². The van der Waals surface area contributed by atoms with Gasteiger partial charge in [0.25, 0.3) is 5.91 Å². The number of rotatable bonds is 4. The first-order valence-electron chi connectivity index (χ1n) is 10.2. The zero-order valence-corrected chi connectivity index (χ0v) is 16.2. The second-order valence-corrected chi connectivity index (χ2v) is 7.69. The summed E-state index contributed by atoms with van der Waals surface area (Å²) in [4.78, 5) is 28.2. The summed E-state index contributed by atoms with van der Waals surface area (Å²) in [5, 5.41) is 2.85. The van der Waals surface area contributed by atoms with Crippen molar-refractivity contribution in [1.82, 2.24) is 15.1 Å². The number of nitrogens with zero attached hydrogens (tertiary/aromatic N) is 2. The molecule has 2 heterocycles. The molecule has 2 aromatic carbocycles. The van der Waals surface area contributed by atoms with Gasteiger partial charge in [0.05, 0.1) is 6.54 Å². The Morgan fingerprint density at radius 3 is 2.14 bits per heavy atom. The molecule has 2 aliphatic heterocycles. The summed E-state index contributed by atoms with van der Waals surface area (Å²) in [6, 6.07) is 16.4. The second kappa shape index (κ2) is 8.57. The Morgan fingerprint density at radius 1 is 0.857 bits per heavy atom. The van der Waals surface area contributed by atoms with Crippen molar-refractivity contribution in [2.24, 2.45) is 0 Å². The molecular weight excluding hydrogens is 350 g/mol. The zero-order chi connectivity index (χ0) is 19.3. The van der Waals surface area contributed by atoms with E-state index in [1.165, 1.54) is 12.0 Å². The van der Waals surface area contributed by atoms with Crippen LogP contribution in [0.1, 0.15) is 35.2 Å². The first-order chi connectivity index (χ1) is 13.7. The third-order valence-corrected chi connectivity index (χ3v) is 5.59. The fraction of sp³-hybridized carbons (Fsp3) is 0.391. The van der Waals surface area contributed by atoms with Crippen LogP contribution in [-0.4, -0.2) is 54.3 Å². The normalized spacial score (nSPS) is 18.0. The number of amides is 2. The molecule has 28 heavy (non-hydrogen) atoms. The van der Waals surface area contributed by atoms with Gasteiger partial charge in [-0.05, 0) is 48.1 Å². The van der Waals surface area contributed by atoms with E-state index in [9.17, 15) is 9.59 Å². The SMILES string of the molecule is O=C1CN(Cc2ccc(-c3ccc(C(=O)N4CCCCC4)cc3)cc2)CCN1. The molecule has 0 aliphatic carbocycles. The van der Waals surface area contributed by atoms with Gasteiger partial charge >= 0.3 is 0 Å². The van der Waals surface area contributed by atoms with E-state index in [0.29, 0.717) is 6.54 Å². The second-order valence-electron chi connectivity index (χ2n) is 7.69. The average Bonchev–Trinajstić information content (AvgIpc) is 2.75. The standard InChI is InChI=1S/C23H27N3O2/c27-22-17-25(15-12-24-22)16-18-4-6-19(7-5-18)20-8-10-21(11-9-20)23(28)26-13-2-1-3-14-26/h4-11H,1-3,12-17H2,(H,24,27). The number of carbonyl (C=O) groups is 2. The molecule has 5 heteroatoms. The van der Waals surface area contributed by atoms with Gasteiger partial charge in [0.15, 0.2) is 0 Å². The summed E-state index contributed by atoms with van der Waals surface area (Å²) in [6.07, 6.45) is 3.44. The minimum atomic E-state index is 0.0991. The monoisotopic (exact) mass is 377 g/mol. The van der Waals surface area contributed by atoms with Crippen LogP contribution in [0.15, 0.2) is 48.5 Å².